The van der Waals surface area contributed by atoms with Crippen LogP contribution >= 0.6 is 0 Å². The van der Waals surface area contributed by atoms with Crippen molar-refractivity contribution in [1.29, 1.82) is 0 Å². The molecule has 106 valence electrons. The molecule has 21 heavy (non-hydrogen) atoms. The van der Waals surface area contributed by atoms with Gasteiger partial charge in [-0.2, -0.15) is 0 Å². The molecule has 1 aromatic heterocycles. The summed E-state index contributed by atoms with van der Waals surface area (Å²) in [6, 6.07) is 10.9. The van der Waals surface area contributed by atoms with Gasteiger partial charge in [-0.3, -0.25) is 0 Å². The summed E-state index contributed by atoms with van der Waals surface area (Å²) in [5.41, 5.74) is -0.281. The van der Waals surface area contributed by atoms with E-state index in [1.165, 1.54) is 12.1 Å². The normalized spacial score (nSPS) is 20.9. The van der Waals surface area contributed by atoms with Crippen LogP contribution in [0, 0.1) is 11.6 Å². The van der Waals surface area contributed by atoms with E-state index in [0.29, 0.717) is 29.4 Å². The minimum Gasteiger partial charge on any atom is -0.455 e. The van der Waals surface area contributed by atoms with Crippen LogP contribution in [0.4, 0.5) is 8.78 Å². The van der Waals surface area contributed by atoms with Crippen molar-refractivity contribution in [2.45, 2.75) is 18.4 Å². The Labute approximate surface area is 119 Å². The summed E-state index contributed by atoms with van der Waals surface area (Å²) in [6.07, 6.45) is 0.753. The number of para-hydroxylation sites is 1. The molecule has 0 fully saturated rings. The van der Waals surface area contributed by atoms with E-state index in [1.807, 2.05) is 0 Å². The molecule has 0 saturated heterocycles. The number of benzene rings is 2. The van der Waals surface area contributed by atoms with Crippen LogP contribution in [0.3, 0.4) is 0 Å². The van der Waals surface area contributed by atoms with E-state index in [2.05, 4.69) is 0 Å². The molecule has 3 aromatic rings. The molecule has 0 radical (unpaired) electrons. The third-order valence-electron chi connectivity index (χ3n) is 4.20. The van der Waals surface area contributed by atoms with Gasteiger partial charge in [0.1, 0.15) is 17.2 Å². The van der Waals surface area contributed by atoms with Crippen molar-refractivity contribution in [3.63, 3.8) is 0 Å². The minimum absolute atomic E-state index is 0.116. The molecule has 4 rings (SSSR count). The summed E-state index contributed by atoms with van der Waals surface area (Å²) >= 11 is 0. The lowest BCUT2D eigenvalue weighted by molar-refractivity contribution is 0.0603. The Morgan fingerprint density at radius 2 is 1.81 bits per heavy atom. The van der Waals surface area contributed by atoms with Crippen LogP contribution < -0.4 is 0 Å². The maximum Gasteiger partial charge on any atom is 0.170 e. The van der Waals surface area contributed by atoms with Gasteiger partial charge in [0.05, 0.1) is 0 Å². The molecule has 2 aromatic carbocycles. The van der Waals surface area contributed by atoms with Gasteiger partial charge in [-0.15, -0.1) is 0 Å². The molecule has 0 bridgehead atoms. The monoisotopic (exact) mass is 286 g/mol. The maximum absolute atomic E-state index is 13.8. The number of hydrogen-bond donors (Lipinski definition) is 1. The number of halogens is 2. The zero-order chi connectivity index (χ0) is 14.6. The van der Waals surface area contributed by atoms with Gasteiger partial charge >= 0.3 is 0 Å². The number of fused-ring (bicyclic) bond motifs is 2. The van der Waals surface area contributed by atoms with Crippen molar-refractivity contribution in [1.82, 2.24) is 0 Å². The largest absolute Gasteiger partial charge is 0.455 e. The van der Waals surface area contributed by atoms with Gasteiger partial charge in [-0.25, -0.2) is 8.78 Å². The standard InChI is InChI=1S/C17H12F2O2/c18-13-5-2-4-12-11(13)7-8-17(12,20)15-9-10-3-1-6-14(19)16(10)21-15/h1-6,9,20H,7-8H2. The van der Waals surface area contributed by atoms with Gasteiger partial charge in [-0.1, -0.05) is 24.3 Å². The second-order valence-corrected chi connectivity index (χ2v) is 5.40. The van der Waals surface area contributed by atoms with Crippen LogP contribution in [0.5, 0.6) is 0 Å². The summed E-state index contributed by atoms with van der Waals surface area (Å²) in [5.74, 6) is -0.544. The van der Waals surface area contributed by atoms with Crippen molar-refractivity contribution in [2.75, 3.05) is 0 Å². The molecule has 4 heteroatoms. The highest BCUT2D eigenvalue weighted by molar-refractivity contribution is 5.79. The van der Waals surface area contributed by atoms with Gasteiger partial charge in [0.2, 0.25) is 0 Å². The first-order chi connectivity index (χ1) is 10.1. The third kappa shape index (κ3) is 1.66. The highest BCUT2D eigenvalue weighted by Gasteiger charge is 2.42. The molecule has 1 aliphatic rings. The SMILES string of the molecule is OC1(c2cc3cccc(F)c3o2)CCc2c(F)cccc21. The van der Waals surface area contributed by atoms with E-state index in [1.54, 1.807) is 30.3 Å². The number of furan rings is 1. The van der Waals surface area contributed by atoms with Crippen molar-refractivity contribution in [3.05, 3.63) is 71.0 Å². The fourth-order valence-electron chi connectivity index (χ4n) is 3.13. The molecule has 2 nitrogen and oxygen atoms in total. The first-order valence-corrected chi connectivity index (χ1v) is 6.78. The van der Waals surface area contributed by atoms with Gasteiger partial charge in [0, 0.05) is 5.39 Å². The summed E-state index contributed by atoms with van der Waals surface area (Å²) in [6.45, 7) is 0. The van der Waals surface area contributed by atoms with Gasteiger partial charge in [0.25, 0.3) is 0 Å². The van der Waals surface area contributed by atoms with E-state index in [-0.39, 0.29) is 17.2 Å². The van der Waals surface area contributed by atoms with Crippen LogP contribution in [0.15, 0.2) is 46.9 Å². The molecule has 1 aliphatic carbocycles. The molecule has 0 spiro atoms. The van der Waals surface area contributed by atoms with Crippen LogP contribution in [0.1, 0.15) is 23.3 Å². The van der Waals surface area contributed by atoms with Crippen molar-refractivity contribution in [3.8, 4) is 0 Å². The highest BCUT2D eigenvalue weighted by atomic mass is 19.1. The van der Waals surface area contributed by atoms with Crippen LogP contribution in [0.25, 0.3) is 11.0 Å². The number of rotatable bonds is 1. The smallest absolute Gasteiger partial charge is 0.170 e. The molecule has 1 atom stereocenters. The predicted molar refractivity (Wildman–Crippen MR) is 73.9 cm³/mol. The third-order valence-corrected chi connectivity index (χ3v) is 4.20. The molecule has 1 heterocycles. The van der Waals surface area contributed by atoms with E-state index in [9.17, 15) is 13.9 Å². The molecular formula is C17H12F2O2. The number of aliphatic hydroxyl groups is 1. The van der Waals surface area contributed by atoms with E-state index < -0.39 is 11.4 Å². The van der Waals surface area contributed by atoms with Gasteiger partial charge < -0.3 is 9.52 Å². The predicted octanol–water partition coefficient (Wildman–Crippen LogP) is 3.89. The lowest BCUT2D eigenvalue weighted by Crippen LogP contribution is -2.23. The lowest BCUT2D eigenvalue weighted by atomic mass is 9.93. The van der Waals surface area contributed by atoms with Crippen molar-refractivity contribution >= 4 is 11.0 Å². The fourth-order valence-corrected chi connectivity index (χ4v) is 3.13. The zero-order valence-electron chi connectivity index (χ0n) is 11.1. The average molecular weight is 286 g/mol. The molecule has 0 aliphatic heterocycles. The Kier molecular flexibility index (Phi) is 2.48. The molecule has 0 amide bonds. The fraction of sp³-hybridized carbons (Fsp3) is 0.176. The summed E-state index contributed by atoms with van der Waals surface area (Å²) in [4.78, 5) is 0. The Hall–Kier alpha value is -2.20. The quantitative estimate of drug-likeness (QED) is 0.736. The number of hydrogen-bond acceptors (Lipinski definition) is 2. The highest BCUT2D eigenvalue weighted by Crippen LogP contribution is 2.44. The Bertz CT molecular complexity index is 853. The van der Waals surface area contributed by atoms with E-state index >= 15 is 0 Å². The van der Waals surface area contributed by atoms with E-state index in [4.69, 9.17) is 4.42 Å². The Morgan fingerprint density at radius 3 is 2.62 bits per heavy atom. The van der Waals surface area contributed by atoms with Crippen LogP contribution in [-0.4, -0.2) is 5.11 Å². The molecular weight excluding hydrogens is 274 g/mol. The molecule has 1 N–H and O–H groups in total. The average Bonchev–Trinajstić information content (AvgIpc) is 3.04. The minimum atomic E-state index is -1.40. The summed E-state index contributed by atoms with van der Waals surface area (Å²) in [7, 11) is 0. The van der Waals surface area contributed by atoms with Crippen LogP contribution in [-0.2, 0) is 12.0 Å². The summed E-state index contributed by atoms with van der Waals surface area (Å²) < 4.78 is 33.1. The topological polar surface area (TPSA) is 33.4 Å². The Balaban J connectivity index is 1.94. The van der Waals surface area contributed by atoms with Crippen LogP contribution in [0.2, 0.25) is 0 Å². The Morgan fingerprint density at radius 1 is 1.05 bits per heavy atom. The van der Waals surface area contributed by atoms with Crippen molar-refractivity contribution in [2.24, 2.45) is 0 Å². The summed E-state index contributed by atoms with van der Waals surface area (Å²) in [5, 5.41) is 11.5. The first kappa shape index (κ1) is 12.5. The maximum atomic E-state index is 13.8. The molecule has 1 unspecified atom stereocenters. The van der Waals surface area contributed by atoms with E-state index in [0.717, 1.165) is 0 Å². The molecule has 0 saturated carbocycles. The zero-order valence-corrected chi connectivity index (χ0v) is 11.1. The van der Waals surface area contributed by atoms with Gasteiger partial charge in [0.15, 0.2) is 11.4 Å². The second kappa shape index (κ2) is 4.15. The van der Waals surface area contributed by atoms with Crippen molar-refractivity contribution < 1.29 is 18.3 Å². The van der Waals surface area contributed by atoms with Gasteiger partial charge in [-0.05, 0) is 42.2 Å². The lowest BCUT2D eigenvalue weighted by Gasteiger charge is -2.21. The first-order valence-electron chi connectivity index (χ1n) is 6.78. The second-order valence-electron chi connectivity index (χ2n) is 5.40.